The summed E-state index contributed by atoms with van der Waals surface area (Å²) < 4.78 is 7.47. The highest BCUT2D eigenvalue weighted by Gasteiger charge is 2.51. The standard InChI is InChI=1S/C99H63N5/c1-5-22-64(23-6-1)66-40-46-72(47-41-66)102-91-58-52-74(60-84(91)96-78-32-15-13-26-68(78)44-56-94(96)102)100(70-28-9-3-10-29-70)76-50-54-80-81-55-51-77(63-89(81)99(88(80)62-76)86-36-18-20-39-93(86)104-90-38-19-17-34-82(90)83-35-21-37-87(99)98(83)104)101(71-30-11-4-12-31-71)75-53-59-92-85(61-75)97-79-33-16-14-27-69(79)45-57-95(97)103(92)73-48-42-67(43-49-73)65-24-7-2-8-25-65/h1-63H. The van der Waals surface area contributed by atoms with Gasteiger partial charge in [0, 0.05) is 77.8 Å². The zero-order valence-corrected chi connectivity index (χ0v) is 56.6. The third-order valence-corrected chi connectivity index (χ3v) is 22.6. The van der Waals surface area contributed by atoms with E-state index < -0.39 is 5.41 Å². The van der Waals surface area contributed by atoms with E-state index in [1.54, 1.807) is 0 Å². The van der Waals surface area contributed by atoms with Crippen molar-refractivity contribution >= 4 is 121 Å². The normalized spacial score (nSPS) is 12.7. The molecule has 0 saturated carbocycles. The second-order valence-corrected chi connectivity index (χ2v) is 27.9. The van der Waals surface area contributed by atoms with Crippen LogP contribution in [-0.2, 0) is 5.41 Å². The first-order valence-corrected chi connectivity index (χ1v) is 36.0. The molecule has 3 aromatic heterocycles. The van der Waals surface area contributed by atoms with Crippen LogP contribution in [0.25, 0.3) is 137 Å². The van der Waals surface area contributed by atoms with Gasteiger partial charge in [0.2, 0.25) is 0 Å². The molecule has 0 unspecified atom stereocenters. The van der Waals surface area contributed by atoms with Gasteiger partial charge in [-0.2, -0.15) is 0 Å². The minimum absolute atomic E-state index is 0.805. The fourth-order valence-electron chi connectivity index (χ4n) is 18.2. The fourth-order valence-corrected chi connectivity index (χ4v) is 18.2. The summed E-state index contributed by atoms with van der Waals surface area (Å²) in [5.41, 5.74) is 28.3. The predicted octanol–water partition coefficient (Wildman–Crippen LogP) is 26.2. The maximum atomic E-state index is 2.55. The summed E-state index contributed by atoms with van der Waals surface area (Å²) in [5, 5.41) is 12.2. The lowest BCUT2D eigenvalue weighted by Gasteiger charge is -2.40. The second-order valence-electron chi connectivity index (χ2n) is 27.9. The van der Waals surface area contributed by atoms with Crippen LogP contribution in [0, 0.1) is 0 Å². The van der Waals surface area contributed by atoms with Gasteiger partial charge in [-0.15, -0.1) is 0 Å². The summed E-state index contributed by atoms with van der Waals surface area (Å²) in [6, 6.07) is 143. The van der Waals surface area contributed by atoms with Gasteiger partial charge in [0.15, 0.2) is 0 Å². The Labute approximate surface area is 601 Å². The molecule has 0 amide bonds. The van der Waals surface area contributed by atoms with E-state index in [-0.39, 0.29) is 0 Å². The summed E-state index contributed by atoms with van der Waals surface area (Å²) in [6.07, 6.45) is 0. The van der Waals surface area contributed by atoms with Gasteiger partial charge in [0.1, 0.15) is 0 Å². The lowest BCUT2D eigenvalue weighted by atomic mass is 9.65. The third kappa shape index (κ3) is 8.44. The Bertz CT molecular complexity index is 6550. The topological polar surface area (TPSA) is 21.3 Å². The third-order valence-electron chi connectivity index (χ3n) is 22.6. The summed E-state index contributed by atoms with van der Waals surface area (Å²) >= 11 is 0. The van der Waals surface area contributed by atoms with Gasteiger partial charge < -0.3 is 23.5 Å². The molecule has 0 saturated heterocycles. The summed E-state index contributed by atoms with van der Waals surface area (Å²) in [6.45, 7) is 0. The molecule has 484 valence electrons. The average molecular weight is 1320 g/mol. The van der Waals surface area contributed by atoms with E-state index in [0.717, 1.165) is 56.5 Å². The quantitative estimate of drug-likeness (QED) is 0.136. The first kappa shape index (κ1) is 58.1. The van der Waals surface area contributed by atoms with E-state index in [2.05, 4.69) is 406 Å². The maximum Gasteiger partial charge on any atom is 0.0756 e. The first-order valence-electron chi connectivity index (χ1n) is 36.0. The second kappa shape index (κ2) is 22.6. The zero-order valence-electron chi connectivity index (χ0n) is 56.6. The number of aromatic nitrogens is 3. The molecule has 1 spiro atoms. The van der Waals surface area contributed by atoms with Crippen LogP contribution in [-0.4, -0.2) is 13.7 Å². The van der Waals surface area contributed by atoms with E-state index in [1.807, 2.05) is 0 Å². The van der Waals surface area contributed by atoms with Crippen LogP contribution in [0.15, 0.2) is 382 Å². The van der Waals surface area contributed by atoms with Crippen LogP contribution in [0.5, 0.6) is 0 Å². The summed E-state index contributed by atoms with van der Waals surface area (Å²) in [5.74, 6) is 0. The smallest absolute Gasteiger partial charge is 0.0756 e. The van der Waals surface area contributed by atoms with Crippen molar-refractivity contribution in [2.45, 2.75) is 5.41 Å². The molecule has 104 heavy (non-hydrogen) atoms. The van der Waals surface area contributed by atoms with Crippen molar-refractivity contribution in [3.8, 4) is 50.4 Å². The molecule has 0 radical (unpaired) electrons. The molecule has 4 heterocycles. The molecule has 22 rings (SSSR count). The molecule has 0 fully saturated rings. The molecule has 0 bridgehead atoms. The van der Waals surface area contributed by atoms with E-state index in [1.165, 1.54) is 137 Å². The van der Waals surface area contributed by atoms with Gasteiger partial charge in [-0.3, -0.25) is 0 Å². The highest BCUT2D eigenvalue weighted by atomic mass is 15.2. The van der Waals surface area contributed by atoms with Crippen LogP contribution in [0.4, 0.5) is 34.1 Å². The van der Waals surface area contributed by atoms with Gasteiger partial charge in [0.25, 0.3) is 0 Å². The summed E-state index contributed by atoms with van der Waals surface area (Å²) in [4.78, 5) is 4.98. The predicted molar refractivity (Wildman–Crippen MR) is 436 cm³/mol. The number of hydrogen-bond acceptors (Lipinski definition) is 2. The molecule has 20 aromatic rings. The number of benzene rings is 17. The van der Waals surface area contributed by atoms with Crippen molar-refractivity contribution in [2.24, 2.45) is 0 Å². The molecular weight excluding hydrogens is 1260 g/mol. The van der Waals surface area contributed by atoms with Crippen molar-refractivity contribution in [2.75, 3.05) is 9.80 Å². The molecule has 5 heteroatoms. The molecule has 0 N–H and O–H groups in total. The molecule has 1 aliphatic carbocycles. The number of fused-ring (bicyclic) bond motifs is 22. The van der Waals surface area contributed by atoms with Crippen molar-refractivity contribution in [1.29, 1.82) is 0 Å². The Morgan fingerprint density at radius 3 is 1.12 bits per heavy atom. The lowest BCUT2D eigenvalue weighted by molar-refractivity contribution is 0.748. The van der Waals surface area contributed by atoms with Crippen molar-refractivity contribution < 1.29 is 0 Å². The largest absolute Gasteiger partial charge is 0.310 e. The molecule has 0 atom stereocenters. The van der Waals surface area contributed by atoms with E-state index >= 15 is 0 Å². The molecule has 1 aliphatic heterocycles. The van der Waals surface area contributed by atoms with Crippen LogP contribution < -0.4 is 9.80 Å². The Morgan fingerprint density at radius 2 is 0.596 bits per heavy atom. The molecule has 2 aliphatic rings. The van der Waals surface area contributed by atoms with Gasteiger partial charge >= 0.3 is 0 Å². The Kier molecular flexibility index (Phi) is 12.6. The number of hydrogen-bond donors (Lipinski definition) is 0. The van der Waals surface area contributed by atoms with Crippen LogP contribution in [0.1, 0.15) is 22.3 Å². The lowest BCUT2D eigenvalue weighted by Crippen LogP contribution is -2.33. The SMILES string of the molecule is c1ccc(-c2ccc(-n3c4ccc(N(c5ccccc5)c5ccc6c(c5)C5(c7cc(N(c8ccccc8)c8ccc9c(c8)c8c%10ccccc%10ccc8n9-c8ccc(-c9ccccc9)cc8)ccc7-6)c6ccccc6-n6c7ccccc7c7cccc5c76)cc4c4c5ccccc5ccc43)cc2)cc1. The Hall–Kier alpha value is -13.7. The van der Waals surface area contributed by atoms with Gasteiger partial charge in [-0.05, 0) is 211 Å². The molecule has 5 nitrogen and oxygen atoms in total. The minimum atomic E-state index is -0.805. The zero-order chi connectivity index (χ0) is 68.1. The van der Waals surface area contributed by atoms with Crippen molar-refractivity contribution in [3.05, 3.63) is 404 Å². The number of para-hydroxylation sites is 5. The van der Waals surface area contributed by atoms with Crippen molar-refractivity contribution in [3.63, 3.8) is 0 Å². The van der Waals surface area contributed by atoms with Crippen LogP contribution >= 0.6 is 0 Å². The molecular formula is C99H63N5. The maximum absolute atomic E-state index is 2.55. The highest BCUT2D eigenvalue weighted by molar-refractivity contribution is 6.24. The number of nitrogens with zero attached hydrogens (tertiary/aromatic N) is 5. The monoisotopic (exact) mass is 1320 g/mol. The van der Waals surface area contributed by atoms with Crippen molar-refractivity contribution in [1.82, 2.24) is 13.7 Å². The van der Waals surface area contributed by atoms with Gasteiger partial charge in [0.05, 0.1) is 44.2 Å². The number of anilines is 6. The van der Waals surface area contributed by atoms with E-state index in [4.69, 9.17) is 0 Å². The van der Waals surface area contributed by atoms with Crippen LogP contribution in [0.2, 0.25) is 0 Å². The van der Waals surface area contributed by atoms with Gasteiger partial charge in [-0.25, -0.2) is 0 Å². The minimum Gasteiger partial charge on any atom is -0.310 e. The molecule has 17 aromatic carbocycles. The Morgan fingerprint density at radius 1 is 0.212 bits per heavy atom. The van der Waals surface area contributed by atoms with E-state index in [0.29, 0.717) is 0 Å². The Balaban J connectivity index is 0.766. The first-order chi connectivity index (χ1) is 51.6. The summed E-state index contributed by atoms with van der Waals surface area (Å²) in [7, 11) is 0. The van der Waals surface area contributed by atoms with E-state index in [9.17, 15) is 0 Å². The van der Waals surface area contributed by atoms with Gasteiger partial charge in [-0.1, -0.05) is 249 Å². The number of rotatable bonds is 10. The fraction of sp³-hybridized carbons (Fsp3) is 0.0101. The highest BCUT2D eigenvalue weighted by Crippen LogP contribution is 2.63. The average Bonchev–Trinajstić information content (AvgIpc) is 1.46. The van der Waals surface area contributed by atoms with Crippen LogP contribution in [0.3, 0.4) is 0 Å².